The number of carbonyl (C=O) groups is 1. The second-order valence-electron chi connectivity index (χ2n) is 3.94. The van der Waals surface area contributed by atoms with Gasteiger partial charge in [-0.15, -0.1) is 0 Å². The summed E-state index contributed by atoms with van der Waals surface area (Å²) in [7, 11) is 0. The summed E-state index contributed by atoms with van der Waals surface area (Å²) in [6.07, 6.45) is 6.67. The van der Waals surface area contributed by atoms with Gasteiger partial charge >= 0.3 is 5.97 Å². The van der Waals surface area contributed by atoms with E-state index >= 15 is 0 Å². The second-order valence-corrected chi connectivity index (χ2v) is 3.94. The molecular weight excluding hydrogens is 176 g/mol. The molecule has 0 aliphatic carbocycles. The molecule has 0 saturated carbocycles. The summed E-state index contributed by atoms with van der Waals surface area (Å²) in [5.74, 6) is 0.612. The molecule has 2 nitrogen and oxygen atoms in total. The van der Waals surface area contributed by atoms with Crippen LogP contribution >= 0.6 is 0 Å². The van der Waals surface area contributed by atoms with Gasteiger partial charge in [0.1, 0.15) is 0 Å². The van der Waals surface area contributed by atoms with Crippen molar-refractivity contribution in [2.75, 3.05) is 6.61 Å². The first-order valence-corrected chi connectivity index (χ1v) is 5.86. The highest BCUT2D eigenvalue weighted by Gasteiger charge is 2.06. The summed E-state index contributed by atoms with van der Waals surface area (Å²) in [4.78, 5) is 11.1. The molecule has 0 saturated heterocycles. The van der Waals surface area contributed by atoms with Crippen LogP contribution in [0.3, 0.4) is 0 Å². The molecule has 0 bridgehead atoms. The van der Waals surface area contributed by atoms with E-state index in [0.29, 0.717) is 18.9 Å². The molecule has 0 aromatic carbocycles. The highest BCUT2D eigenvalue weighted by Crippen LogP contribution is 2.14. The molecular formula is C12H24O2. The largest absolute Gasteiger partial charge is 0.466 e. The van der Waals surface area contributed by atoms with Crippen LogP contribution in [0.15, 0.2) is 0 Å². The molecule has 0 N–H and O–H groups in total. The highest BCUT2D eigenvalue weighted by molar-refractivity contribution is 5.69. The Balaban J connectivity index is 3.33. The normalized spacial score (nSPS) is 12.5. The van der Waals surface area contributed by atoms with E-state index in [4.69, 9.17) is 4.74 Å². The average Bonchev–Trinajstić information content (AvgIpc) is 2.16. The third kappa shape index (κ3) is 8.09. The molecule has 84 valence electrons. The molecule has 0 radical (unpaired) electrons. The van der Waals surface area contributed by atoms with Crippen molar-refractivity contribution in [3.05, 3.63) is 0 Å². The van der Waals surface area contributed by atoms with Crippen molar-refractivity contribution in [3.8, 4) is 0 Å². The maximum atomic E-state index is 11.1. The first kappa shape index (κ1) is 13.5. The maximum absolute atomic E-state index is 11.1. The Bertz CT molecular complexity index is 143. The summed E-state index contributed by atoms with van der Waals surface area (Å²) in [6, 6.07) is 0. The first-order valence-electron chi connectivity index (χ1n) is 5.86. The number of rotatable bonds is 8. The van der Waals surface area contributed by atoms with E-state index in [9.17, 15) is 4.79 Å². The first-order chi connectivity index (χ1) is 6.70. The minimum absolute atomic E-state index is 0.0464. The van der Waals surface area contributed by atoms with Gasteiger partial charge in [0.05, 0.1) is 6.61 Å². The Labute approximate surface area is 88.0 Å². The molecule has 0 rings (SSSR count). The fraction of sp³-hybridized carbons (Fsp3) is 0.917. The van der Waals surface area contributed by atoms with Crippen LogP contribution in [0.5, 0.6) is 0 Å². The lowest BCUT2D eigenvalue weighted by Gasteiger charge is -2.09. The average molecular weight is 200 g/mol. The fourth-order valence-electron chi connectivity index (χ4n) is 1.48. The number of hydrogen-bond acceptors (Lipinski definition) is 2. The standard InChI is InChI=1S/C12H24O2/c1-4-6-7-8-11(3)9-10-12(13)14-5-2/h11H,4-10H2,1-3H3. The molecule has 0 fully saturated rings. The van der Waals surface area contributed by atoms with E-state index in [1.54, 1.807) is 0 Å². The molecule has 1 atom stereocenters. The van der Waals surface area contributed by atoms with E-state index in [1.807, 2.05) is 6.92 Å². The summed E-state index contributed by atoms with van der Waals surface area (Å²) >= 11 is 0. The Kier molecular flexibility index (Phi) is 8.70. The third-order valence-electron chi connectivity index (χ3n) is 2.45. The lowest BCUT2D eigenvalue weighted by atomic mass is 9.98. The molecule has 0 spiro atoms. The molecule has 0 aromatic rings. The van der Waals surface area contributed by atoms with Crippen LogP contribution in [0.2, 0.25) is 0 Å². The van der Waals surface area contributed by atoms with Gasteiger partial charge in [0.15, 0.2) is 0 Å². The quantitative estimate of drug-likeness (QED) is 0.442. The van der Waals surface area contributed by atoms with E-state index < -0.39 is 0 Å². The Hall–Kier alpha value is -0.530. The SMILES string of the molecule is CCCCCC(C)CCC(=O)OCC. The van der Waals surface area contributed by atoms with Crippen molar-refractivity contribution in [2.45, 2.75) is 59.3 Å². The van der Waals surface area contributed by atoms with Gasteiger partial charge in [-0.3, -0.25) is 4.79 Å². The predicted octanol–water partition coefficient (Wildman–Crippen LogP) is 3.55. The zero-order valence-corrected chi connectivity index (χ0v) is 9.84. The van der Waals surface area contributed by atoms with E-state index in [-0.39, 0.29) is 5.97 Å². The van der Waals surface area contributed by atoms with Gasteiger partial charge in [-0.25, -0.2) is 0 Å². The van der Waals surface area contributed by atoms with Crippen molar-refractivity contribution < 1.29 is 9.53 Å². The van der Waals surface area contributed by atoms with E-state index in [2.05, 4.69) is 13.8 Å². The zero-order chi connectivity index (χ0) is 10.8. The van der Waals surface area contributed by atoms with Crippen LogP contribution in [0.4, 0.5) is 0 Å². The van der Waals surface area contributed by atoms with Gasteiger partial charge in [0, 0.05) is 6.42 Å². The minimum atomic E-state index is -0.0464. The van der Waals surface area contributed by atoms with Gasteiger partial charge in [-0.2, -0.15) is 0 Å². The van der Waals surface area contributed by atoms with Gasteiger partial charge in [-0.1, -0.05) is 39.5 Å². The van der Waals surface area contributed by atoms with Gasteiger partial charge in [0.2, 0.25) is 0 Å². The predicted molar refractivity (Wildman–Crippen MR) is 59.2 cm³/mol. The molecule has 1 unspecified atom stereocenters. The van der Waals surface area contributed by atoms with Gasteiger partial charge in [0.25, 0.3) is 0 Å². The number of ether oxygens (including phenoxy) is 1. The van der Waals surface area contributed by atoms with Crippen LogP contribution in [0, 0.1) is 5.92 Å². The van der Waals surface area contributed by atoms with Crippen molar-refractivity contribution in [2.24, 2.45) is 5.92 Å². The second kappa shape index (κ2) is 9.04. The molecule has 14 heavy (non-hydrogen) atoms. The molecule has 0 aromatic heterocycles. The zero-order valence-electron chi connectivity index (χ0n) is 9.84. The third-order valence-corrected chi connectivity index (χ3v) is 2.45. The van der Waals surface area contributed by atoms with Crippen molar-refractivity contribution in [3.63, 3.8) is 0 Å². The van der Waals surface area contributed by atoms with Crippen LogP contribution in [-0.4, -0.2) is 12.6 Å². The van der Waals surface area contributed by atoms with Crippen LogP contribution in [-0.2, 0) is 9.53 Å². The monoisotopic (exact) mass is 200 g/mol. The minimum Gasteiger partial charge on any atom is -0.466 e. The Morgan fingerprint density at radius 1 is 1.21 bits per heavy atom. The molecule has 0 aliphatic rings. The van der Waals surface area contributed by atoms with Crippen LogP contribution in [0.1, 0.15) is 59.3 Å². The van der Waals surface area contributed by atoms with Gasteiger partial charge in [-0.05, 0) is 19.3 Å². The lowest BCUT2D eigenvalue weighted by Crippen LogP contribution is -2.06. The molecule has 0 aliphatic heterocycles. The van der Waals surface area contributed by atoms with Crippen molar-refractivity contribution in [1.82, 2.24) is 0 Å². The van der Waals surface area contributed by atoms with E-state index in [0.717, 1.165) is 6.42 Å². The number of hydrogen-bond donors (Lipinski definition) is 0. The lowest BCUT2D eigenvalue weighted by molar-refractivity contribution is -0.143. The summed E-state index contributed by atoms with van der Waals surface area (Å²) in [5, 5.41) is 0. The molecule has 0 amide bonds. The fourth-order valence-corrected chi connectivity index (χ4v) is 1.48. The summed E-state index contributed by atoms with van der Waals surface area (Å²) in [6.45, 7) is 6.78. The topological polar surface area (TPSA) is 26.3 Å². The molecule has 2 heteroatoms. The highest BCUT2D eigenvalue weighted by atomic mass is 16.5. The maximum Gasteiger partial charge on any atom is 0.305 e. The van der Waals surface area contributed by atoms with Crippen LogP contribution < -0.4 is 0 Å². The van der Waals surface area contributed by atoms with Crippen molar-refractivity contribution in [1.29, 1.82) is 0 Å². The molecule has 0 heterocycles. The van der Waals surface area contributed by atoms with E-state index in [1.165, 1.54) is 25.7 Å². The number of carbonyl (C=O) groups excluding carboxylic acids is 1. The number of esters is 1. The summed E-state index contributed by atoms with van der Waals surface area (Å²) < 4.78 is 4.88. The summed E-state index contributed by atoms with van der Waals surface area (Å²) in [5.41, 5.74) is 0. The van der Waals surface area contributed by atoms with Gasteiger partial charge < -0.3 is 4.74 Å². The smallest absolute Gasteiger partial charge is 0.305 e. The van der Waals surface area contributed by atoms with Crippen molar-refractivity contribution >= 4 is 5.97 Å². The number of unbranched alkanes of at least 4 members (excludes halogenated alkanes) is 2. The Morgan fingerprint density at radius 3 is 2.50 bits per heavy atom. The Morgan fingerprint density at radius 2 is 1.93 bits per heavy atom. The van der Waals surface area contributed by atoms with Crippen LogP contribution in [0.25, 0.3) is 0 Å².